The van der Waals surface area contributed by atoms with Gasteiger partial charge in [0.1, 0.15) is 0 Å². The Kier molecular flexibility index (Phi) is 6.30. The molecule has 3 aliphatic heterocycles. The zero-order valence-electron chi connectivity index (χ0n) is 27.5. The van der Waals surface area contributed by atoms with Gasteiger partial charge in [0.15, 0.2) is 0 Å². The van der Waals surface area contributed by atoms with Crippen LogP contribution in [0.3, 0.4) is 0 Å². The summed E-state index contributed by atoms with van der Waals surface area (Å²) < 4.78 is 0. The van der Waals surface area contributed by atoms with Crippen LogP contribution >= 0.6 is 0 Å². The van der Waals surface area contributed by atoms with Crippen molar-refractivity contribution in [3.63, 3.8) is 0 Å². The molecular formula is C44H43BN2. The van der Waals surface area contributed by atoms with Crippen LogP contribution in [0.2, 0.25) is 5.82 Å². The minimum Gasteiger partial charge on any atom is -0.339 e. The average molecular weight is 611 g/mol. The molecule has 5 atom stereocenters. The second-order valence-corrected chi connectivity index (χ2v) is 14.9. The van der Waals surface area contributed by atoms with Crippen LogP contribution in [0, 0.1) is 5.41 Å². The van der Waals surface area contributed by atoms with Crippen molar-refractivity contribution in [1.82, 2.24) is 4.90 Å². The van der Waals surface area contributed by atoms with Gasteiger partial charge in [-0.05, 0) is 98.4 Å². The molecule has 0 fully saturated rings. The predicted molar refractivity (Wildman–Crippen MR) is 197 cm³/mol. The fourth-order valence-electron chi connectivity index (χ4n) is 10.7. The van der Waals surface area contributed by atoms with Crippen LogP contribution in [0.25, 0.3) is 0 Å². The molecule has 0 radical (unpaired) electrons. The van der Waals surface area contributed by atoms with E-state index in [2.05, 4.69) is 138 Å². The maximum absolute atomic E-state index is 2.85. The van der Waals surface area contributed by atoms with Gasteiger partial charge in [-0.15, -0.1) is 0 Å². The highest BCUT2D eigenvalue weighted by Gasteiger charge is 2.57. The molecule has 1 aromatic carbocycles. The Morgan fingerprint density at radius 3 is 2.55 bits per heavy atom. The van der Waals surface area contributed by atoms with Gasteiger partial charge in [0, 0.05) is 34.1 Å². The number of benzene rings is 1. The summed E-state index contributed by atoms with van der Waals surface area (Å²) in [4.78, 5) is 5.67. The van der Waals surface area contributed by atoms with Crippen molar-refractivity contribution in [3.8, 4) is 0 Å². The number of hydrogen-bond acceptors (Lipinski definition) is 2. The van der Waals surface area contributed by atoms with E-state index in [4.69, 9.17) is 0 Å². The number of hydrogen-bond donors (Lipinski definition) is 0. The molecule has 0 aromatic heterocycles. The summed E-state index contributed by atoms with van der Waals surface area (Å²) in [6.07, 6.45) is 47.8. The van der Waals surface area contributed by atoms with Gasteiger partial charge in [0.05, 0.1) is 12.1 Å². The molecule has 5 unspecified atom stereocenters. The van der Waals surface area contributed by atoms with E-state index in [9.17, 15) is 0 Å². The minimum absolute atomic E-state index is 0.188. The van der Waals surface area contributed by atoms with Crippen molar-refractivity contribution in [2.75, 3.05) is 4.90 Å². The molecule has 10 rings (SSSR count). The Morgan fingerprint density at radius 1 is 0.787 bits per heavy atom. The molecule has 2 nitrogen and oxygen atoms in total. The quantitative estimate of drug-likeness (QED) is 0.313. The van der Waals surface area contributed by atoms with Crippen molar-refractivity contribution in [2.45, 2.75) is 82.1 Å². The Labute approximate surface area is 280 Å². The van der Waals surface area contributed by atoms with Gasteiger partial charge in [0.25, 0.3) is 0 Å². The number of para-hydroxylation sites is 1. The lowest BCUT2D eigenvalue weighted by atomic mass is 9.26. The third-order valence-corrected chi connectivity index (χ3v) is 12.7. The van der Waals surface area contributed by atoms with Crippen molar-refractivity contribution < 1.29 is 0 Å². The maximum atomic E-state index is 2.85. The molecular weight excluding hydrogens is 567 g/mol. The van der Waals surface area contributed by atoms with E-state index in [1.807, 2.05) is 0 Å². The first-order valence-corrected chi connectivity index (χ1v) is 18.2. The third-order valence-electron chi connectivity index (χ3n) is 12.7. The van der Waals surface area contributed by atoms with Crippen LogP contribution in [-0.2, 0) is 0 Å². The zero-order chi connectivity index (χ0) is 31.1. The van der Waals surface area contributed by atoms with Crippen molar-refractivity contribution in [3.05, 3.63) is 172 Å². The molecule has 3 heteroatoms. The molecule has 0 saturated carbocycles. The molecule has 3 heterocycles. The van der Waals surface area contributed by atoms with Gasteiger partial charge in [-0.25, -0.2) is 0 Å². The summed E-state index contributed by atoms with van der Waals surface area (Å²) in [6.45, 7) is 2.97. The Balaban J connectivity index is 1.28. The van der Waals surface area contributed by atoms with Crippen LogP contribution in [0.4, 0.5) is 5.69 Å². The highest BCUT2D eigenvalue weighted by Crippen LogP contribution is 2.62. The van der Waals surface area contributed by atoms with E-state index < -0.39 is 0 Å². The molecule has 0 bridgehead atoms. The molecule has 1 aromatic rings. The highest BCUT2D eigenvalue weighted by molar-refractivity contribution is 6.78. The van der Waals surface area contributed by atoms with Gasteiger partial charge in [-0.2, -0.15) is 0 Å². The maximum Gasteiger partial charge on any atom is 0.221 e. The fraction of sp³-hybridized carbons (Fsp3) is 0.318. The normalized spacial score (nSPS) is 30.7. The first kappa shape index (κ1) is 27.8. The van der Waals surface area contributed by atoms with Gasteiger partial charge >= 0.3 is 0 Å². The summed E-state index contributed by atoms with van der Waals surface area (Å²) in [7, 11) is 0. The largest absolute Gasteiger partial charge is 0.339 e. The number of nitrogens with zero attached hydrogens (tertiary/aromatic N) is 2. The number of allylic oxidation sites excluding steroid dienone is 19. The van der Waals surface area contributed by atoms with Gasteiger partial charge in [0.2, 0.25) is 6.71 Å². The molecule has 9 aliphatic rings. The van der Waals surface area contributed by atoms with Crippen molar-refractivity contribution in [1.29, 1.82) is 0 Å². The fourth-order valence-corrected chi connectivity index (χ4v) is 10.7. The highest BCUT2D eigenvalue weighted by atomic mass is 15.2. The summed E-state index contributed by atoms with van der Waals surface area (Å²) in [5, 5.41) is 0. The summed E-state index contributed by atoms with van der Waals surface area (Å²) >= 11 is 0. The summed E-state index contributed by atoms with van der Waals surface area (Å²) in [5.41, 5.74) is 15.3. The smallest absolute Gasteiger partial charge is 0.221 e. The summed E-state index contributed by atoms with van der Waals surface area (Å²) in [5.74, 6) is 0.924. The Morgan fingerprint density at radius 2 is 1.70 bits per heavy atom. The molecule has 0 saturated heterocycles. The van der Waals surface area contributed by atoms with Crippen LogP contribution < -0.4 is 4.90 Å². The van der Waals surface area contributed by atoms with E-state index in [-0.39, 0.29) is 5.41 Å². The molecule has 0 amide bonds. The van der Waals surface area contributed by atoms with Crippen LogP contribution in [0.1, 0.15) is 69.8 Å². The van der Waals surface area contributed by atoms with E-state index in [1.165, 1.54) is 33.8 Å². The lowest BCUT2D eigenvalue weighted by Gasteiger charge is -2.57. The monoisotopic (exact) mass is 610 g/mol. The topological polar surface area (TPSA) is 6.48 Å². The first-order chi connectivity index (χ1) is 23.2. The van der Waals surface area contributed by atoms with E-state index in [0.29, 0.717) is 30.5 Å². The molecule has 0 N–H and O–H groups in total. The van der Waals surface area contributed by atoms with E-state index >= 15 is 0 Å². The first-order valence-electron chi connectivity index (χ1n) is 18.2. The summed E-state index contributed by atoms with van der Waals surface area (Å²) in [6, 6.07) is 9.98. The molecule has 47 heavy (non-hydrogen) atoms. The van der Waals surface area contributed by atoms with Crippen LogP contribution in [0.5, 0.6) is 0 Å². The van der Waals surface area contributed by atoms with Crippen molar-refractivity contribution in [2.24, 2.45) is 5.41 Å². The Bertz CT molecular complexity index is 1950. The lowest BCUT2D eigenvalue weighted by Crippen LogP contribution is -2.57. The van der Waals surface area contributed by atoms with Crippen molar-refractivity contribution >= 4 is 12.4 Å². The molecule has 6 aliphatic carbocycles. The van der Waals surface area contributed by atoms with E-state index in [0.717, 1.165) is 51.4 Å². The Hall–Kier alpha value is -4.24. The second kappa shape index (κ2) is 10.6. The number of rotatable bonds is 4. The van der Waals surface area contributed by atoms with Gasteiger partial charge in [-0.1, -0.05) is 120 Å². The third kappa shape index (κ3) is 3.86. The SMILES string of the molecule is CC(C1=CCCC=C1)(C1=CC=CCC1)C1=CCC2C3=C1N(C1C=CC=CC1)C1=CC=CCC1B3C1=C3C(CC=C1)c1ccccc1N32. The van der Waals surface area contributed by atoms with Gasteiger partial charge in [-0.3, -0.25) is 0 Å². The molecule has 232 valence electrons. The van der Waals surface area contributed by atoms with Crippen LogP contribution in [0.15, 0.2) is 166 Å². The second-order valence-electron chi connectivity index (χ2n) is 14.9. The standard InChI is InChI=1S/C44H43BN2/c1-44(30-16-5-2-6-17-30,31-18-7-3-8-19-31)35-28-29-40-41-43(35)46(32-20-9-4-10-21-32)39-27-14-12-24-36(39)45(41)37-25-15-23-34-33-22-11-13-26-38(33)47(40)42(34)37/h2,4-5,7,9-16,18-20,22,25-28,32,34,36,40H,3,6,8,17,21,23-24,29H2,1H3. The average Bonchev–Trinajstić information content (AvgIpc) is 3.49. The van der Waals surface area contributed by atoms with Gasteiger partial charge < -0.3 is 9.80 Å². The lowest BCUT2D eigenvalue weighted by molar-refractivity contribution is 0.327. The van der Waals surface area contributed by atoms with E-state index in [1.54, 1.807) is 22.2 Å². The van der Waals surface area contributed by atoms with Crippen LogP contribution in [-0.4, -0.2) is 23.7 Å². The number of anilines is 1. The molecule has 0 spiro atoms. The minimum atomic E-state index is -0.188. The predicted octanol–water partition coefficient (Wildman–Crippen LogP) is 10.3. The zero-order valence-corrected chi connectivity index (χ0v) is 27.5. The number of fused-ring (bicyclic) bond motifs is 7.